The number of amides is 1. The first-order valence-corrected chi connectivity index (χ1v) is 6.98. The maximum absolute atomic E-state index is 13.0. The molecule has 0 aliphatic rings. The lowest BCUT2D eigenvalue weighted by Crippen LogP contribution is -2.20. The minimum atomic E-state index is -0.689. The molecule has 0 radical (unpaired) electrons. The van der Waals surface area contributed by atoms with Crippen LogP contribution in [0.3, 0.4) is 0 Å². The first kappa shape index (κ1) is 16.8. The lowest BCUT2D eigenvalue weighted by atomic mass is 10.3. The van der Waals surface area contributed by atoms with Gasteiger partial charge in [0.15, 0.2) is 6.61 Å². The van der Waals surface area contributed by atoms with Gasteiger partial charge in [0, 0.05) is 11.8 Å². The number of halogens is 2. The molecule has 1 N–H and O–H groups in total. The zero-order chi connectivity index (χ0) is 16.8. The van der Waals surface area contributed by atoms with Gasteiger partial charge >= 0.3 is 5.97 Å². The van der Waals surface area contributed by atoms with E-state index in [2.05, 4.69) is 5.32 Å². The molecule has 7 heteroatoms. The van der Waals surface area contributed by atoms with Crippen LogP contribution in [0.2, 0.25) is 5.02 Å². The van der Waals surface area contributed by atoms with E-state index in [0.29, 0.717) is 11.4 Å². The highest BCUT2D eigenvalue weighted by atomic mass is 35.5. The van der Waals surface area contributed by atoms with Crippen LogP contribution >= 0.6 is 11.6 Å². The highest BCUT2D eigenvalue weighted by Crippen LogP contribution is 2.19. The fraction of sp³-hybridized carbons (Fsp3) is 0.125. The van der Waals surface area contributed by atoms with E-state index in [4.69, 9.17) is 20.8 Å². The van der Waals surface area contributed by atoms with Crippen molar-refractivity contribution >= 4 is 35.2 Å². The van der Waals surface area contributed by atoms with Gasteiger partial charge in [-0.05, 0) is 43.3 Å². The Morgan fingerprint density at radius 1 is 1.35 bits per heavy atom. The first-order chi connectivity index (χ1) is 10.9. The second kappa shape index (κ2) is 7.60. The summed E-state index contributed by atoms with van der Waals surface area (Å²) >= 11 is 5.60. The van der Waals surface area contributed by atoms with E-state index in [1.54, 1.807) is 19.1 Å². The molecule has 2 rings (SSSR count). The number of furan rings is 1. The molecule has 0 saturated carbocycles. The van der Waals surface area contributed by atoms with Crippen LogP contribution in [-0.2, 0) is 14.3 Å². The number of hydrogen-bond donors (Lipinski definition) is 1. The van der Waals surface area contributed by atoms with Crippen LogP contribution in [0, 0.1) is 12.7 Å². The summed E-state index contributed by atoms with van der Waals surface area (Å²) in [6.45, 7) is 1.30. The predicted molar refractivity (Wildman–Crippen MR) is 83.5 cm³/mol. The summed E-state index contributed by atoms with van der Waals surface area (Å²) in [5.74, 6) is -0.621. The number of anilines is 1. The Morgan fingerprint density at radius 3 is 2.78 bits per heavy atom. The maximum atomic E-state index is 13.0. The molecular weight excluding hydrogens is 325 g/mol. The van der Waals surface area contributed by atoms with E-state index >= 15 is 0 Å². The fourth-order valence-corrected chi connectivity index (χ4v) is 1.83. The topological polar surface area (TPSA) is 68.5 Å². The second-order valence-corrected chi connectivity index (χ2v) is 4.97. The highest BCUT2D eigenvalue weighted by molar-refractivity contribution is 6.31. The first-order valence-electron chi connectivity index (χ1n) is 6.60. The molecule has 0 aliphatic heterocycles. The van der Waals surface area contributed by atoms with Crippen LogP contribution < -0.4 is 5.32 Å². The third-order valence-corrected chi connectivity index (χ3v) is 2.98. The van der Waals surface area contributed by atoms with Crippen molar-refractivity contribution in [2.45, 2.75) is 6.92 Å². The molecule has 0 atom stereocenters. The van der Waals surface area contributed by atoms with Crippen LogP contribution in [0.1, 0.15) is 11.5 Å². The van der Waals surface area contributed by atoms with Gasteiger partial charge in [-0.2, -0.15) is 0 Å². The smallest absolute Gasteiger partial charge is 0.331 e. The Morgan fingerprint density at radius 2 is 2.13 bits per heavy atom. The highest BCUT2D eigenvalue weighted by Gasteiger charge is 2.07. The molecule has 120 valence electrons. The third kappa shape index (κ3) is 5.27. The lowest BCUT2D eigenvalue weighted by Gasteiger charge is -2.06. The molecule has 0 aliphatic carbocycles. The molecule has 2 aromatic rings. The molecule has 0 bridgehead atoms. The van der Waals surface area contributed by atoms with E-state index in [1.165, 1.54) is 18.2 Å². The van der Waals surface area contributed by atoms with Gasteiger partial charge in [0.1, 0.15) is 17.3 Å². The third-order valence-electron chi connectivity index (χ3n) is 2.69. The minimum absolute atomic E-state index is 0.114. The Bertz CT molecular complexity index is 754. The molecule has 1 heterocycles. The van der Waals surface area contributed by atoms with E-state index in [0.717, 1.165) is 17.9 Å². The van der Waals surface area contributed by atoms with Crippen molar-refractivity contribution in [2.75, 3.05) is 11.9 Å². The summed E-state index contributed by atoms with van der Waals surface area (Å²) in [5, 5.41) is 2.32. The summed E-state index contributed by atoms with van der Waals surface area (Å²) in [6.07, 6.45) is 2.59. The monoisotopic (exact) mass is 337 g/mol. The lowest BCUT2D eigenvalue weighted by molar-refractivity contribution is -0.142. The minimum Gasteiger partial charge on any atom is -0.462 e. The van der Waals surface area contributed by atoms with Crippen LogP contribution in [-0.4, -0.2) is 18.5 Å². The van der Waals surface area contributed by atoms with Crippen molar-refractivity contribution in [1.82, 2.24) is 0 Å². The SMILES string of the molecule is Cc1ccc(/C=C/C(=O)OCC(=O)Nc2ccc(F)c(Cl)c2)o1. The molecule has 0 fully saturated rings. The summed E-state index contributed by atoms with van der Waals surface area (Å²) in [5.41, 5.74) is 0.305. The van der Waals surface area contributed by atoms with Gasteiger partial charge in [0.05, 0.1) is 5.02 Å². The van der Waals surface area contributed by atoms with Gasteiger partial charge in [-0.3, -0.25) is 4.79 Å². The van der Waals surface area contributed by atoms with Crippen molar-refractivity contribution in [3.8, 4) is 0 Å². The van der Waals surface area contributed by atoms with Gasteiger partial charge in [-0.25, -0.2) is 9.18 Å². The average Bonchev–Trinajstić information content (AvgIpc) is 2.92. The molecular formula is C16H13ClFNO4. The number of benzene rings is 1. The standard InChI is InChI=1S/C16H13ClFNO4/c1-10-2-4-12(23-10)5-7-16(21)22-9-15(20)19-11-3-6-14(18)13(17)8-11/h2-8H,9H2,1H3,(H,19,20)/b7-5+. The Hall–Kier alpha value is -2.60. The van der Waals surface area contributed by atoms with Crippen LogP contribution in [0.5, 0.6) is 0 Å². The number of rotatable bonds is 5. The molecule has 0 spiro atoms. The molecule has 0 unspecified atom stereocenters. The summed E-state index contributed by atoms with van der Waals surface area (Å²) < 4.78 is 23.0. The zero-order valence-corrected chi connectivity index (χ0v) is 12.9. The number of hydrogen-bond acceptors (Lipinski definition) is 4. The number of esters is 1. The van der Waals surface area contributed by atoms with Gasteiger partial charge < -0.3 is 14.5 Å². The van der Waals surface area contributed by atoms with Crippen molar-refractivity contribution in [1.29, 1.82) is 0 Å². The molecule has 1 aromatic carbocycles. The van der Waals surface area contributed by atoms with Gasteiger partial charge in [-0.1, -0.05) is 11.6 Å². The summed E-state index contributed by atoms with van der Waals surface area (Å²) in [7, 11) is 0. The van der Waals surface area contributed by atoms with Gasteiger partial charge in [0.25, 0.3) is 5.91 Å². The van der Waals surface area contributed by atoms with E-state index in [9.17, 15) is 14.0 Å². The van der Waals surface area contributed by atoms with Gasteiger partial charge in [-0.15, -0.1) is 0 Å². The molecule has 5 nitrogen and oxygen atoms in total. The Kier molecular flexibility index (Phi) is 5.54. The van der Waals surface area contributed by atoms with Crippen LogP contribution in [0.4, 0.5) is 10.1 Å². The molecule has 0 saturated heterocycles. The number of nitrogens with one attached hydrogen (secondary N) is 1. The number of ether oxygens (including phenoxy) is 1. The van der Waals surface area contributed by atoms with Crippen LogP contribution in [0.15, 0.2) is 40.8 Å². The second-order valence-electron chi connectivity index (χ2n) is 4.57. The van der Waals surface area contributed by atoms with E-state index < -0.39 is 24.3 Å². The summed E-state index contributed by atoms with van der Waals surface area (Å²) in [6, 6.07) is 7.18. The number of aryl methyl sites for hydroxylation is 1. The molecule has 1 aromatic heterocycles. The van der Waals surface area contributed by atoms with Crippen molar-refractivity contribution < 1.29 is 23.1 Å². The number of carbonyl (C=O) groups excluding carboxylic acids is 2. The fourth-order valence-electron chi connectivity index (χ4n) is 1.65. The molecule has 23 heavy (non-hydrogen) atoms. The molecule has 1 amide bonds. The van der Waals surface area contributed by atoms with Crippen LogP contribution in [0.25, 0.3) is 6.08 Å². The van der Waals surface area contributed by atoms with E-state index in [-0.39, 0.29) is 5.02 Å². The quantitative estimate of drug-likeness (QED) is 0.669. The Balaban J connectivity index is 1.80. The predicted octanol–water partition coefficient (Wildman–Crippen LogP) is 3.58. The van der Waals surface area contributed by atoms with Crippen molar-refractivity contribution in [3.05, 3.63) is 58.8 Å². The van der Waals surface area contributed by atoms with E-state index in [1.807, 2.05) is 0 Å². The average molecular weight is 338 g/mol. The largest absolute Gasteiger partial charge is 0.462 e. The normalized spacial score (nSPS) is 10.7. The van der Waals surface area contributed by atoms with Crippen molar-refractivity contribution in [2.24, 2.45) is 0 Å². The van der Waals surface area contributed by atoms with Crippen molar-refractivity contribution in [3.63, 3.8) is 0 Å². The zero-order valence-electron chi connectivity index (χ0n) is 12.1. The summed E-state index contributed by atoms with van der Waals surface area (Å²) in [4.78, 5) is 23.1. The van der Waals surface area contributed by atoms with Gasteiger partial charge in [0.2, 0.25) is 0 Å². The number of carbonyl (C=O) groups is 2. The maximum Gasteiger partial charge on any atom is 0.331 e. The Labute approximate surface area is 136 Å².